The lowest BCUT2D eigenvalue weighted by Crippen LogP contribution is -2.32. The molecule has 0 radical (unpaired) electrons. The first-order chi connectivity index (χ1) is 15.2. The molecule has 0 N–H and O–H groups in total. The molecule has 2 aromatic rings. The Labute approximate surface area is 185 Å². The summed E-state index contributed by atoms with van der Waals surface area (Å²) in [6, 6.07) is 6.12. The van der Waals surface area contributed by atoms with Crippen molar-refractivity contribution in [1.82, 2.24) is 14.9 Å². The molecule has 2 saturated heterocycles. The highest BCUT2D eigenvalue weighted by atomic mass is 16.5. The standard InChI is InChI=1S/C24H34N4O3/c1-29-22-9-8-19(13-23(22)30-2)16-27(18-21-7-6-12-31-21)17-20-14-25-24(26-15-20)28-10-4-3-5-11-28/h8-9,13-15,21H,3-7,10-12,16-18H2,1-2H3/t21-/m1/s1. The number of benzene rings is 1. The Bertz CT molecular complexity index is 818. The molecule has 0 bridgehead atoms. The van der Waals surface area contributed by atoms with Gasteiger partial charge >= 0.3 is 0 Å². The Kier molecular flexibility index (Phi) is 7.59. The quantitative estimate of drug-likeness (QED) is 0.606. The van der Waals surface area contributed by atoms with E-state index in [2.05, 4.69) is 31.9 Å². The zero-order chi connectivity index (χ0) is 21.5. The lowest BCUT2D eigenvalue weighted by atomic mass is 10.1. The third kappa shape index (κ3) is 5.86. The predicted octanol–water partition coefficient (Wildman–Crippen LogP) is 3.67. The molecule has 7 nitrogen and oxygen atoms in total. The van der Waals surface area contributed by atoms with Gasteiger partial charge in [-0.1, -0.05) is 6.07 Å². The van der Waals surface area contributed by atoms with Gasteiger partial charge in [-0.15, -0.1) is 0 Å². The molecule has 0 spiro atoms. The fourth-order valence-electron chi connectivity index (χ4n) is 4.44. The molecule has 4 rings (SSSR count). The predicted molar refractivity (Wildman–Crippen MR) is 121 cm³/mol. The molecule has 2 fully saturated rings. The molecule has 2 aliphatic heterocycles. The topological polar surface area (TPSA) is 60.0 Å². The number of methoxy groups -OCH3 is 2. The zero-order valence-electron chi connectivity index (χ0n) is 18.8. The van der Waals surface area contributed by atoms with Gasteiger partial charge in [0.15, 0.2) is 11.5 Å². The van der Waals surface area contributed by atoms with Gasteiger partial charge in [-0.05, 0) is 49.8 Å². The minimum absolute atomic E-state index is 0.286. The summed E-state index contributed by atoms with van der Waals surface area (Å²) in [7, 11) is 3.34. The van der Waals surface area contributed by atoms with E-state index < -0.39 is 0 Å². The third-order valence-corrected chi connectivity index (χ3v) is 6.08. The normalized spacial score (nSPS) is 19.1. The van der Waals surface area contributed by atoms with Gasteiger partial charge < -0.3 is 19.1 Å². The maximum Gasteiger partial charge on any atom is 0.225 e. The van der Waals surface area contributed by atoms with Gasteiger partial charge in [0.25, 0.3) is 0 Å². The number of aromatic nitrogens is 2. The minimum Gasteiger partial charge on any atom is -0.493 e. The molecular weight excluding hydrogens is 392 g/mol. The molecule has 3 heterocycles. The lowest BCUT2D eigenvalue weighted by Gasteiger charge is -2.27. The van der Waals surface area contributed by atoms with Crippen LogP contribution in [0.1, 0.15) is 43.2 Å². The van der Waals surface area contributed by atoms with E-state index in [0.717, 1.165) is 75.2 Å². The first-order valence-corrected chi connectivity index (χ1v) is 11.4. The lowest BCUT2D eigenvalue weighted by molar-refractivity contribution is 0.0678. The number of ether oxygens (including phenoxy) is 3. The highest BCUT2D eigenvalue weighted by molar-refractivity contribution is 5.42. The summed E-state index contributed by atoms with van der Waals surface area (Å²) in [5.74, 6) is 2.36. The van der Waals surface area contributed by atoms with Crippen LogP contribution in [0.5, 0.6) is 11.5 Å². The molecule has 31 heavy (non-hydrogen) atoms. The highest BCUT2D eigenvalue weighted by Gasteiger charge is 2.21. The Morgan fingerprint density at radius 3 is 2.39 bits per heavy atom. The molecule has 7 heteroatoms. The summed E-state index contributed by atoms with van der Waals surface area (Å²) < 4.78 is 16.8. The second-order valence-corrected chi connectivity index (χ2v) is 8.43. The third-order valence-electron chi connectivity index (χ3n) is 6.08. The van der Waals surface area contributed by atoms with Crippen LogP contribution in [0.15, 0.2) is 30.6 Å². The van der Waals surface area contributed by atoms with Gasteiger partial charge in [-0.3, -0.25) is 4.90 Å². The van der Waals surface area contributed by atoms with Crippen LogP contribution in [0.3, 0.4) is 0 Å². The Balaban J connectivity index is 1.45. The summed E-state index contributed by atoms with van der Waals surface area (Å²) in [5.41, 5.74) is 2.31. The fourth-order valence-corrected chi connectivity index (χ4v) is 4.44. The van der Waals surface area contributed by atoms with E-state index in [1.165, 1.54) is 24.8 Å². The minimum atomic E-state index is 0.286. The van der Waals surface area contributed by atoms with E-state index in [0.29, 0.717) is 0 Å². The van der Waals surface area contributed by atoms with E-state index in [1.807, 2.05) is 18.5 Å². The number of rotatable bonds is 9. The Hall–Kier alpha value is -2.38. The van der Waals surface area contributed by atoms with Gasteiger partial charge in [-0.2, -0.15) is 0 Å². The second kappa shape index (κ2) is 10.8. The highest BCUT2D eigenvalue weighted by Crippen LogP contribution is 2.28. The average Bonchev–Trinajstić information content (AvgIpc) is 3.33. The van der Waals surface area contributed by atoms with E-state index >= 15 is 0 Å². The summed E-state index contributed by atoms with van der Waals surface area (Å²) in [5, 5.41) is 0. The number of anilines is 1. The van der Waals surface area contributed by atoms with E-state index in [4.69, 9.17) is 14.2 Å². The van der Waals surface area contributed by atoms with E-state index in [9.17, 15) is 0 Å². The number of piperidine rings is 1. The molecule has 1 aromatic carbocycles. The van der Waals surface area contributed by atoms with Crippen LogP contribution < -0.4 is 14.4 Å². The number of hydrogen-bond donors (Lipinski definition) is 0. The molecule has 2 aliphatic rings. The summed E-state index contributed by atoms with van der Waals surface area (Å²) in [6.07, 6.45) is 10.3. The Morgan fingerprint density at radius 2 is 1.71 bits per heavy atom. The van der Waals surface area contributed by atoms with Crippen LogP contribution in [0.25, 0.3) is 0 Å². The number of hydrogen-bond acceptors (Lipinski definition) is 7. The van der Waals surface area contributed by atoms with E-state index in [1.54, 1.807) is 14.2 Å². The average molecular weight is 427 g/mol. The first-order valence-electron chi connectivity index (χ1n) is 11.4. The monoisotopic (exact) mass is 426 g/mol. The van der Waals surface area contributed by atoms with Crippen molar-refractivity contribution in [3.63, 3.8) is 0 Å². The molecule has 168 valence electrons. The van der Waals surface area contributed by atoms with Crippen LogP contribution >= 0.6 is 0 Å². The largest absolute Gasteiger partial charge is 0.493 e. The van der Waals surface area contributed by atoms with Crippen molar-refractivity contribution in [2.24, 2.45) is 0 Å². The van der Waals surface area contributed by atoms with Crippen molar-refractivity contribution >= 4 is 5.95 Å². The van der Waals surface area contributed by atoms with Crippen molar-refractivity contribution in [1.29, 1.82) is 0 Å². The number of nitrogens with zero attached hydrogens (tertiary/aromatic N) is 4. The van der Waals surface area contributed by atoms with Crippen LogP contribution in [0.2, 0.25) is 0 Å². The van der Waals surface area contributed by atoms with Gasteiger partial charge in [0.05, 0.1) is 20.3 Å². The first kappa shape index (κ1) is 21.8. The molecule has 1 aromatic heterocycles. The smallest absolute Gasteiger partial charge is 0.225 e. The molecule has 0 amide bonds. The van der Waals surface area contributed by atoms with Crippen LogP contribution in [-0.4, -0.2) is 61.4 Å². The van der Waals surface area contributed by atoms with Gasteiger partial charge in [0, 0.05) is 57.3 Å². The van der Waals surface area contributed by atoms with Gasteiger partial charge in [0.2, 0.25) is 5.95 Å². The molecule has 0 saturated carbocycles. The van der Waals surface area contributed by atoms with Crippen LogP contribution in [0, 0.1) is 0 Å². The summed E-state index contributed by atoms with van der Waals surface area (Å²) >= 11 is 0. The molecule has 0 aliphatic carbocycles. The van der Waals surface area contributed by atoms with Crippen molar-refractivity contribution < 1.29 is 14.2 Å². The summed E-state index contributed by atoms with van der Waals surface area (Å²) in [4.78, 5) is 14.0. The summed E-state index contributed by atoms with van der Waals surface area (Å²) in [6.45, 7) is 5.46. The maximum atomic E-state index is 5.91. The fraction of sp³-hybridized carbons (Fsp3) is 0.583. The van der Waals surface area contributed by atoms with Gasteiger partial charge in [0.1, 0.15) is 0 Å². The van der Waals surface area contributed by atoms with Crippen molar-refractivity contribution in [2.45, 2.75) is 51.3 Å². The molecule has 0 unspecified atom stereocenters. The van der Waals surface area contributed by atoms with Crippen molar-refractivity contribution in [3.05, 3.63) is 41.7 Å². The SMILES string of the molecule is COc1ccc(CN(Cc2cnc(N3CCCCC3)nc2)C[C@H]2CCCO2)cc1OC. The zero-order valence-corrected chi connectivity index (χ0v) is 18.8. The Morgan fingerprint density at radius 1 is 0.968 bits per heavy atom. The second-order valence-electron chi connectivity index (χ2n) is 8.43. The molecular formula is C24H34N4O3. The van der Waals surface area contributed by atoms with Crippen LogP contribution in [-0.2, 0) is 17.8 Å². The maximum absolute atomic E-state index is 5.91. The van der Waals surface area contributed by atoms with Crippen molar-refractivity contribution in [2.75, 3.05) is 45.4 Å². The van der Waals surface area contributed by atoms with Crippen LogP contribution in [0.4, 0.5) is 5.95 Å². The molecule has 1 atom stereocenters. The van der Waals surface area contributed by atoms with E-state index in [-0.39, 0.29) is 6.10 Å². The van der Waals surface area contributed by atoms with Crippen molar-refractivity contribution in [3.8, 4) is 11.5 Å². The van der Waals surface area contributed by atoms with Gasteiger partial charge in [-0.25, -0.2) is 9.97 Å².